The summed E-state index contributed by atoms with van der Waals surface area (Å²) in [5.41, 5.74) is 2.61. The van der Waals surface area contributed by atoms with Gasteiger partial charge in [-0.2, -0.15) is 0 Å². The van der Waals surface area contributed by atoms with E-state index in [1.54, 1.807) is 41.3 Å². The highest BCUT2D eigenvalue weighted by Gasteiger charge is 2.20. The predicted octanol–water partition coefficient (Wildman–Crippen LogP) is 4.46. The van der Waals surface area contributed by atoms with E-state index in [1.807, 2.05) is 44.2 Å². The molecule has 0 bridgehead atoms. The van der Waals surface area contributed by atoms with E-state index in [-0.39, 0.29) is 10.8 Å². The van der Waals surface area contributed by atoms with E-state index in [2.05, 4.69) is 4.72 Å². The average Bonchev–Trinajstić information content (AvgIpc) is 2.69. The van der Waals surface area contributed by atoms with Gasteiger partial charge in [-0.05, 0) is 61.9 Å². The molecule has 0 aliphatic heterocycles. The minimum absolute atomic E-state index is 0.0440. The lowest BCUT2D eigenvalue weighted by Crippen LogP contribution is -2.30. The van der Waals surface area contributed by atoms with E-state index >= 15 is 0 Å². The summed E-state index contributed by atoms with van der Waals surface area (Å²) >= 11 is 0. The van der Waals surface area contributed by atoms with Gasteiger partial charge in [0.2, 0.25) is 0 Å². The lowest BCUT2D eigenvalue weighted by atomic mass is 10.1. The van der Waals surface area contributed by atoms with E-state index in [0.717, 1.165) is 11.3 Å². The van der Waals surface area contributed by atoms with Crippen LogP contribution in [0.1, 0.15) is 22.8 Å². The van der Waals surface area contributed by atoms with Crippen LogP contribution in [0.4, 0.5) is 11.4 Å². The van der Waals surface area contributed by atoms with Gasteiger partial charge in [0.1, 0.15) is 0 Å². The first-order valence-corrected chi connectivity index (χ1v) is 10.5. The van der Waals surface area contributed by atoms with Crippen molar-refractivity contribution in [2.75, 3.05) is 16.2 Å². The summed E-state index contributed by atoms with van der Waals surface area (Å²) in [7, 11) is -3.79. The molecule has 5 nitrogen and oxygen atoms in total. The fourth-order valence-electron chi connectivity index (χ4n) is 2.91. The normalized spacial score (nSPS) is 11.1. The number of anilines is 2. The van der Waals surface area contributed by atoms with Crippen molar-refractivity contribution in [2.45, 2.75) is 18.7 Å². The fraction of sp³-hybridized carbons (Fsp3) is 0.136. The number of amides is 1. The summed E-state index contributed by atoms with van der Waals surface area (Å²) in [6.07, 6.45) is 0. The second-order valence-corrected chi connectivity index (χ2v) is 8.07. The first-order chi connectivity index (χ1) is 13.4. The summed E-state index contributed by atoms with van der Waals surface area (Å²) in [6.45, 7) is 4.32. The Morgan fingerprint density at radius 2 is 1.64 bits per heavy atom. The molecule has 1 amide bonds. The number of nitrogens with zero attached hydrogens (tertiary/aromatic N) is 1. The number of sulfonamides is 1. The van der Waals surface area contributed by atoms with Crippen molar-refractivity contribution in [3.63, 3.8) is 0 Å². The van der Waals surface area contributed by atoms with Crippen LogP contribution in [-0.4, -0.2) is 20.9 Å². The van der Waals surface area contributed by atoms with Crippen molar-refractivity contribution < 1.29 is 13.2 Å². The first kappa shape index (κ1) is 19.6. The standard InChI is InChI=1S/C22H22N2O3S/c1-3-24(20-13-7-9-17(2)15-20)22(25)18-10-8-14-21(16-18)28(26,27)23-19-11-5-4-6-12-19/h4-16,23H,3H2,1-2H3. The van der Waals surface area contributed by atoms with Gasteiger partial charge < -0.3 is 4.90 Å². The van der Waals surface area contributed by atoms with E-state index < -0.39 is 10.0 Å². The molecule has 0 aliphatic rings. The lowest BCUT2D eigenvalue weighted by Gasteiger charge is -2.22. The van der Waals surface area contributed by atoms with E-state index in [4.69, 9.17) is 0 Å². The van der Waals surface area contributed by atoms with Crippen LogP contribution in [0.3, 0.4) is 0 Å². The molecule has 3 aromatic rings. The van der Waals surface area contributed by atoms with Gasteiger partial charge in [0, 0.05) is 23.5 Å². The Kier molecular flexibility index (Phi) is 5.80. The molecular formula is C22H22N2O3S. The Labute approximate surface area is 165 Å². The number of carbonyl (C=O) groups is 1. The molecule has 0 unspecified atom stereocenters. The van der Waals surface area contributed by atoms with Gasteiger partial charge in [0.25, 0.3) is 15.9 Å². The number of benzene rings is 3. The number of carbonyl (C=O) groups excluding carboxylic acids is 1. The zero-order valence-electron chi connectivity index (χ0n) is 15.8. The number of nitrogens with one attached hydrogen (secondary N) is 1. The molecule has 0 saturated carbocycles. The van der Waals surface area contributed by atoms with E-state index in [9.17, 15) is 13.2 Å². The molecule has 0 atom stereocenters. The Balaban J connectivity index is 1.90. The van der Waals surface area contributed by atoms with E-state index in [1.165, 1.54) is 12.1 Å². The quantitative estimate of drug-likeness (QED) is 0.671. The summed E-state index contributed by atoms with van der Waals surface area (Å²) in [4.78, 5) is 14.7. The number of hydrogen-bond donors (Lipinski definition) is 1. The molecule has 0 heterocycles. The highest BCUT2D eigenvalue weighted by molar-refractivity contribution is 7.92. The molecule has 0 aromatic heterocycles. The molecule has 6 heteroatoms. The maximum Gasteiger partial charge on any atom is 0.261 e. The molecule has 0 aliphatic carbocycles. The van der Waals surface area contributed by atoms with Gasteiger partial charge >= 0.3 is 0 Å². The molecule has 3 aromatic carbocycles. The SMILES string of the molecule is CCN(C(=O)c1cccc(S(=O)(=O)Nc2ccccc2)c1)c1cccc(C)c1. The Hall–Kier alpha value is -3.12. The van der Waals surface area contributed by atoms with Crippen LogP contribution in [0.25, 0.3) is 0 Å². The predicted molar refractivity (Wildman–Crippen MR) is 112 cm³/mol. The molecule has 1 N–H and O–H groups in total. The second kappa shape index (κ2) is 8.27. The molecule has 0 radical (unpaired) electrons. The van der Waals surface area contributed by atoms with Gasteiger partial charge in [-0.25, -0.2) is 8.42 Å². The summed E-state index contributed by atoms with van der Waals surface area (Å²) < 4.78 is 27.9. The molecule has 28 heavy (non-hydrogen) atoms. The Bertz CT molecular complexity index is 1080. The fourth-order valence-corrected chi connectivity index (χ4v) is 4.02. The zero-order valence-corrected chi connectivity index (χ0v) is 16.6. The number of para-hydroxylation sites is 1. The van der Waals surface area contributed by atoms with Crippen LogP contribution in [0, 0.1) is 6.92 Å². The van der Waals surface area contributed by atoms with Crippen LogP contribution in [0.5, 0.6) is 0 Å². The van der Waals surface area contributed by atoms with Gasteiger partial charge in [0.05, 0.1) is 4.90 Å². The third-order valence-electron chi connectivity index (χ3n) is 4.29. The van der Waals surface area contributed by atoms with Gasteiger partial charge in [-0.1, -0.05) is 36.4 Å². The molecule has 3 rings (SSSR count). The Morgan fingerprint density at radius 1 is 0.929 bits per heavy atom. The molecule has 144 valence electrons. The number of hydrogen-bond acceptors (Lipinski definition) is 3. The summed E-state index contributed by atoms with van der Waals surface area (Å²) in [6, 6.07) is 22.4. The first-order valence-electron chi connectivity index (χ1n) is 8.97. The van der Waals surface area contributed by atoms with Crippen LogP contribution < -0.4 is 9.62 Å². The van der Waals surface area contributed by atoms with E-state index in [0.29, 0.717) is 17.8 Å². The molecule has 0 spiro atoms. The van der Waals surface area contributed by atoms with Gasteiger partial charge in [-0.3, -0.25) is 9.52 Å². The largest absolute Gasteiger partial charge is 0.309 e. The lowest BCUT2D eigenvalue weighted by molar-refractivity contribution is 0.0988. The minimum Gasteiger partial charge on any atom is -0.309 e. The van der Waals surface area contributed by atoms with Crippen LogP contribution in [0.2, 0.25) is 0 Å². The van der Waals surface area contributed by atoms with Crippen LogP contribution in [0.15, 0.2) is 83.8 Å². The summed E-state index contributed by atoms with van der Waals surface area (Å²) in [5, 5.41) is 0. The van der Waals surface area contributed by atoms with Crippen molar-refractivity contribution in [3.8, 4) is 0 Å². The highest BCUT2D eigenvalue weighted by Crippen LogP contribution is 2.21. The molecule has 0 saturated heterocycles. The van der Waals surface area contributed by atoms with Crippen molar-refractivity contribution in [1.82, 2.24) is 0 Å². The van der Waals surface area contributed by atoms with Crippen molar-refractivity contribution >= 4 is 27.3 Å². The minimum atomic E-state index is -3.79. The smallest absolute Gasteiger partial charge is 0.261 e. The Morgan fingerprint density at radius 3 is 2.32 bits per heavy atom. The van der Waals surface area contributed by atoms with Crippen LogP contribution in [-0.2, 0) is 10.0 Å². The third-order valence-corrected chi connectivity index (χ3v) is 5.67. The zero-order chi connectivity index (χ0) is 20.1. The second-order valence-electron chi connectivity index (χ2n) is 6.39. The molecule has 0 fully saturated rings. The monoisotopic (exact) mass is 394 g/mol. The maximum absolute atomic E-state index is 13.0. The average molecular weight is 394 g/mol. The topological polar surface area (TPSA) is 66.5 Å². The molecular weight excluding hydrogens is 372 g/mol. The van der Waals surface area contributed by atoms with Gasteiger partial charge in [-0.15, -0.1) is 0 Å². The maximum atomic E-state index is 13.0. The van der Waals surface area contributed by atoms with Crippen molar-refractivity contribution in [3.05, 3.63) is 90.0 Å². The van der Waals surface area contributed by atoms with Crippen molar-refractivity contribution in [1.29, 1.82) is 0 Å². The van der Waals surface area contributed by atoms with Crippen LogP contribution >= 0.6 is 0 Å². The summed E-state index contributed by atoms with van der Waals surface area (Å²) in [5.74, 6) is -0.245. The number of aryl methyl sites for hydroxylation is 1. The third kappa shape index (κ3) is 4.40. The van der Waals surface area contributed by atoms with Crippen molar-refractivity contribution in [2.24, 2.45) is 0 Å². The highest BCUT2D eigenvalue weighted by atomic mass is 32.2. The number of rotatable bonds is 6. The van der Waals surface area contributed by atoms with Gasteiger partial charge in [0.15, 0.2) is 0 Å².